The maximum atomic E-state index is 12.5. The number of amides is 2. The van der Waals surface area contributed by atoms with Gasteiger partial charge >= 0.3 is 5.97 Å². The first-order valence-electron chi connectivity index (χ1n) is 9.39. The molecule has 1 aliphatic heterocycles. The van der Waals surface area contributed by atoms with Crippen molar-refractivity contribution in [2.45, 2.75) is 32.1 Å². The molecule has 0 bridgehead atoms. The van der Waals surface area contributed by atoms with Gasteiger partial charge in [0, 0.05) is 32.6 Å². The Morgan fingerprint density at radius 2 is 1.54 bits per heavy atom. The Kier molecular flexibility index (Phi) is 5.91. The summed E-state index contributed by atoms with van der Waals surface area (Å²) in [6.45, 7) is 2.10. The smallest absolute Gasteiger partial charge is 0.307 e. The van der Waals surface area contributed by atoms with Crippen LogP contribution in [0.25, 0.3) is 0 Å². The van der Waals surface area contributed by atoms with Crippen LogP contribution in [0.5, 0.6) is 0 Å². The minimum absolute atomic E-state index is 0.0557. The average molecular weight is 358 g/mol. The second kappa shape index (κ2) is 8.34. The summed E-state index contributed by atoms with van der Waals surface area (Å²) in [6.07, 6.45) is 3.49. The van der Waals surface area contributed by atoms with Crippen molar-refractivity contribution in [3.05, 3.63) is 35.9 Å². The van der Waals surface area contributed by atoms with Crippen molar-refractivity contribution in [1.82, 2.24) is 9.80 Å². The third-order valence-corrected chi connectivity index (χ3v) is 5.55. The fourth-order valence-electron chi connectivity index (χ4n) is 3.75. The van der Waals surface area contributed by atoms with Crippen LogP contribution in [0.4, 0.5) is 0 Å². The van der Waals surface area contributed by atoms with Gasteiger partial charge in [-0.2, -0.15) is 0 Å². The molecule has 2 aliphatic rings. The third kappa shape index (κ3) is 4.23. The highest BCUT2D eigenvalue weighted by Crippen LogP contribution is 2.36. The first-order chi connectivity index (χ1) is 12.6. The van der Waals surface area contributed by atoms with E-state index in [0.717, 1.165) is 12.8 Å². The Labute approximate surface area is 153 Å². The van der Waals surface area contributed by atoms with Crippen LogP contribution in [-0.2, 0) is 20.8 Å². The fourth-order valence-corrected chi connectivity index (χ4v) is 3.75. The van der Waals surface area contributed by atoms with Gasteiger partial charge in [0.25, 0.3) is 0 Å². The van der Waals surface area contributed by atoms with E-state index in [2.05, 4.69) is 12.1 Å². The molecule has 6 nitrogen and oxygen atoms in total. The molecule has 6 heteroatoms. The summed E-state index contributed by atoms with van der Waals surface area (Å²) < 4.78 is 0. The van der Waals surface area contributed by atoms with Gasteiger partial charge in [-0.25, -0.2) is 0 Å². The van der Waals surface area contributed by atoms with E-state index in [1.54, 1.807) is 4.90 Å². The monoisotopic (exact) mass is 358 g/mol. The van der Waals surface area contributed by atoms with E-state index in [1.807, 2.05) is 23.1 Å². The molecular formula is C20H26N2O4. The molecule has 2 amide bonds. The molecule has 0 spiro atoms. The molecular weight excluding hydrogens is 332 g/mol. The highest BCUT2D eigenvalue weighted by molar-refractivity contribution is 5.86. The molecule has 1 saturated heterocycles. The predicted molar refractivity (Wildman–Crippen MR) is 96.4 cm³/mol. The summed E-state index contributed by atoms with van der Waals surface area (Å²) in [5.74, 6) is -1.69. The lowest BCUT2D eigenvalue weighted by molar-refractivity contribution is -0.157. The van der Waals surface area contributed by atoms with Gasteiger partial charge in [-0.05, 0) is 31.2 Å². The van der Waals surface area contributed by atoms with Gasteiger partial charge in [0.2, 0.25) is 11.8 Å². The number of carbonyl (C=O) groups excluding carboxylic acids is 2. The molecule has 140 valence electrons. The number of carboxylic acids is 1. The van der Waals surface area contributed by atoms with Gasteiger partial charge in [-0.3, -0.25) is 14.4 Å². The SMILES string of the molecule is O=C(O)C1CCC1C(=O)N1CCN(C(=O)CCCc2ccccc2)CC1. The van der Waals surface area contributed by atoms with Gasteiger partial charge in [-0.1, -0.05) is 30.3 Å². The van der Waals surface area contributed by atoms with E-state index < -0.39 is 11.9 Å². The molecule has 3 rings (SSSR count). The standard InChI is InChI=1S/C20H26N2O4/c23-18(8-4-7-15-5-2-1-3-6-15)21-11-13-22(14-12-21)19(24)16-9-10-17(16)20(25)26/h1-3,5-6,16-17H,4,7-14H2,(H,25,26). The second-order valence-corrected chi connectivity index (χ2v) is 7.17. The Morgan fingerprint density at radius 3 is 2.12 bits per heavy atom. The Balaban J connectivity index is 1.39. The number of hydrogen-bond donors (Lipinski definition) is 1. The van der Waals surface area contributed by atoms with Crippen molar-refractivity contribution in [2.24, 2.45) is 11.8 Å². The van der Waals surface area contributed by atoms with Crippen LogP contribution in [0.2, 0.25) is 0 Å². The lowest BCUT2D eigenvalue weighted by Gasteiger charge is -2.40. The molecule has 1 N–H and O–H groups in total. The van der Waals surface area contributed by atoms with Gasteiger partial charge in [-0.15, -0.1) is 0 Å². The lowest BCUT2D eigenvalue weighted by Crippen LogP contribution is -2.54. The highest BCUT2D eigenvalue weighted by Gasteiger charge is 2.43. The summed E-state index contributed by atoms with van der Waals surface area (Å²) in [5.41, 5.74) is 1.24. The summed E-state index contributed by atoms with van der Waals surface area (Å²) in [4.78, 5) is 39.5. The zero-order valence-corrected chi connectivity index (χ0v) is 15.0. The normalized spacial score (nSPS) is 22.6. The molecule has 1 aromatic rings. The van der Waals surface area contributed by atoms with Crippen LogP contribution >= 0.6 is 0 Å². The van der Waals surface area contributed by atoms with Crippen LogP contribution in [0.1, 0.15) is 31.2 Å². The van der Waals surface area contributed by atoms with Crippen molar-refractivity contribution < 1.29 is 19.5 Å². The molecule has 1 saturated carbocycles. The topological polar surface area (TPSA) is 77.9 Å². The zero-order valence-electron chi connectivity index (χ0n) is 15.0. The van der Waals surface area contributed by atoms with Gasteiger partial charge < -0.3 is 14.9 Å². The number of nitrogens with zero attached hydrogens (tertiary/aromatic N) is 2. The van der Waals surface area contributed by atoms with E-state index in [9.17, 15) is 14.4 Å². The molecule has 2 atom stereocenters. The maximum absolute atomic E-state index is 12.5. The largest absolute Gasteiger partial charge is 0.481 e. The summed E-state index contributed by atoms with van der Waals surface area (Å²) in [7, 11) is 0. The van der Waals surface area contributed by atoms with Gasteiger partial charge in [0.1, 0.15) is 0 Å². The molecule has 1 aromatic carbocycles. The van der Waals surface area contributed by atoms with Crippen LogP contribution in [0, 0.1) is 11.8 Å². The summed E-state index contributed by atoms with van der Waals surface area (Å²) in [6, 6.07) is 10.1. The number of aliphatic carboxylic acids is 1. The van der Waals surface area contributed by atoms with Crippen molar-refractivity contribution in [3.63, 3.8) is 0 Å². The first-order valence-corrected chi connectivity index (χ1v) is 9.39. The molecule has 2 fully saturated rings. The van der Waals surface area contributed by atoms with E-state index in [1.165, 1.54) is 5.56 Å². The third-order valence-electron chi connectivity index (χ3n) is 5.55. The first kappa shape index (κ1) is 18.4. The highest BCUT2D eigenvalue weighted by atomic mass is 16.4. The predicted octanol–water partition coefficient (Wildman–Crippen LogP) is 1.79. The van der Waals surface area contributed by atoms with Crippen LogP contribution < -0.4 is 0 Å². The molecule has 1 aliphatic carbocycles. The number of benzene rings is 1. The Hall–Kier alpha value is -2.37. The molecule has 2 unspecified atom stereocenters. The van der Waals surface area contributed by atoms with Gasteiger partial charge in [0.05, 0.1) is 11.8 Å². The molecule has 26 heavy (non-hydrogen) atoms. The fraction of sp³-hybridized carbons (Fsp3) is 0.550. The maximum Gasteiger partial charge on any atom is 0.307 e. The molecule has 0 radical (unpaired) electrons. The quantitative estimate of drug-likeness (QED) is 0.841. The number of aryl methyl sites for hydroxylation is 1. The Morgan fingerprint density at radius 1 is 0.923 bits per heavy atom. The minimum Gasteiger partial charge on any atom is -0.481 e. The van der Waals surface area contributed by atoms with Crippen LogP contribution in [0.15, 0.2) is 30.3 Å². The lowest BCUT2D eigenvalue weighted by atomic mass is 9.73. The zero-order chi connectivity index (χ0) is 18.5. The van der Waals surface area contributed by atoms with Crippen molar-refractivity contribution in [3.8, 4) is 0 Å². The molecule has 0 aromatic heterocycles. The molecule has 1 heterocycles. The van der Waals surface area contributed by atoms with Crippen LogP contribution in [0.3, 0.4) is 0 Å². The van der Waals surface area contributed by atoms with Gasteiger partial charge in [0.15, 0.2) is 0 Å². The van der Waals surface area contributed by atoms with Crippen LogP contribution in [-0.4, -0.2) is 58.9 Å². The summed E-state index contributed by atoms with van der Waals surface area (Å²) in [5, 5.41) is 9.11. The minimum atomic E-state index is -0.873. The Bertz CT molecular complexity index is 653. The average Bonchev–Trinajstić information content (AvgIpc) is 2.61. The number of rotatable bonds is 6. The van der Waals surface area contributed by atoms with E-state index in [-0.39, 0.29) is 17.7 Å². The summed E-state index contributed by atoms with van der Waals surface area (Å²) >= 11 is 0. The van der Waals surface area contributed by atoms with E-state index >= 15 is 0 Å². The van der Waals surface area contributed by atoms with E-state index in [0.29, 0.717) is 45.4 Å². The number of hydrogen-bond acceptors (Lipinski definition) is 3. The van der Waals surface area contributed by atoms with E-state index in [4.69, 9.17) is 5.11 Å². The van der Waals surface area contributed by atoms with Crippen molar-refractivity contribution in [1.29, 1.82) is 0 Å². The number of piperazine rings is 1. The van der Waals surface area contributed by atoms with Crippen molar-refractivity contribution >= 4 is 17.8 Å². The van der Waals surface area contributed by atoms with Crippen molar-refractivity contribution in [2.75, 3.05) is 26.2 Å². The number of carbonyl (C=O) groups is 3. The number of carboxylic acid groups (broad SMARTS) is 1. The second-order valence-electron chi connectivity index (χ2n) is 7.17.